The topological polar surface area (TPSA) is 64.3 Å². The Labute approximate surface area is 124 Å². The van der Waals surface area contributed by atoms with Gasteiger partial charge in [0.25, 0.3) is 5.91 Å². The molecule has 2 rings (SSSR count). The normalized spacial score (nSPS) is 10.2. The van der Waals surface area contributed by atoms with Crippen molar-refractivity contribution in [3.8, 4) is 5.75 Å². The van der Waals surface area contributed by atoms with Crippen molar-refractivity contribution in [3.05, 3.63) is 59.2 Å². The standard InChI is InChI=1S/C17H20N2O2/c1-3-12-6-4-5-7-13(12)11-19-17(20)15-10-14(21-2)8-9-16(15)18/h4-10H,3,11,18H2,1-2H3,(H,19,20). The number of hydrogen-bond acceptors (Lipinski definition) is 3. The summed E-state index contributed by atoms with van der Waals surface area (Å²) in [5, 5.41) is 2.91. The Bertz CT molecular complexity index is 638. The maximum atomic E-state index is 12.3. The lowest BCUT2D eigenvalue weighted by Gasteiger charge is -2.11. The molecule has 0 aliphatic heterocycles. The van der Waals surface area contributed by atoms with E-state index in [9.17, 15) is 4.79 Å². The van der Waals surface area contributed by atoms with Gasteiger partial charge in [0.1, 0.15) is 5.75 Å². The van der Waals surface area contributed by atoms with E-state index >= 15 is 0 Å². The van der Waals surface area contributed by atoms with Gasteiger partial charge in [0.05, 0.1) is 12.7 Å². The smallest absolute Gasteiger partial charge is 0.253 e. The van der Waals surface area contributed by atoms with Gasteiger partial charge < -0.3 is 15.8 Å². The highest BCUT2D eigenvalue weighted by atomic mass is 16.5. The Morgan fingerprint density at radius 3 is 2.57 bits per heavy atom. The molecule has 21 heavy (non-hydrogen) atoms. The van der Waals surface area contributed by atoms with Crippen LogP contribution in [0.25, 0.3) is 0 Å². The van der Waals surface area contributed by atoms with Crippen molar-refractivity contribution < 1.29 is 9.53 Å². The zero-order valence-corrected chi connectivity index (χ0v) is 12.3. The molecule has 0 bridgehead atoms. The van der Waals surface area contributed by atoms with E-state index in [1.165, 1.54) is 5.56 Å². The van der Waals surface area contributed by atoms with Crippen molar-refractivity contribution in [2.75, 3.05) is 12.8 Å². The summed E-state index contributed by atoms with van der Waals surface area (Å²) in [5.74, 6) is 0.417. The molecule has 0 aliphatic carbocycles. The quantitative estimate of drug-likeness (QED) is 0.830. The third-order valence-corrected chi connectivity index (χ3v) is 3.44. The molecule has 2 aromatic carbocycles. The molecule has 0 unspecified atom stereocenters. The van der Waals surface area contributed by atoms with Crippen molar-refractivity contribution in [3.63, 3.8) is 0 Å². The molecule has 2 aromatic rings. The number of carbonyl (C=O) groups excluding carboxylic acids is 1. The highest BCUT2D eigenvalue weighted by molar-refractivity contribution is 5.99. The first kappa shape index (κ1) is 14.9. The number of aryl methyl sites for hydroxylation is 1. The fraction of sp³-hybridized carbons (Fsp3) is 0.235. The average Bonchev–Trinajstić information content (AvgIpc) is 2.53. The number of carbonyl (C=O) groups is 1. The predicted molar refractivity (Wildman–Crippen MR) is 84.4 cm³/mol. The summed E-state index contributed by atoms with van der Waals surface area (Å²) < 4.78 is 5.12. The number of nitrogens with two attached hydrogens (primary N) is 1. The largest absolute Gasteiger partial charge is 0.497 e. The number of nitrogen functional groups attached to an aromatic ring is 1. The van der Waals surface area contributed by atoms with Crippen LogP contribution in [0.4, 0.5) is 5.69 Å². The first-order valence-corrected chi connectivity index (χ1v) is 6.94. The molecule has 0 radical (unpaired) electrons. The van der Waals surface area contributed by atoms with Crippen molar-refractivity contribution in [1.82, 2.24) is 5.32 Å². The van der Waals surface area contributed by atoms with Gasteiger partial charge in [-0.25, -0.2) is 0 Å². The first-order chi connectivity index (χ1) is 10.2. The monoisotopic (exact) mass is 284 g/mol. The van der Waals surface area contributed by atoms with Crippen molar-refractivity contribution in [2.24, 2.45) is 0 Å². The minimum Gasteiger partial charge on any atom is -0.497 e. The summed E-state index contributed by atoms with van der Waals surface area (Å²) in [7, 11) is 1.56. The number of hydrogen-bond donors (Lipinski definition) is 2. The zero-order chi connectivity index (χ0) is 15.2. The number of methoxy groups -OCH3 is 1. The summed E-state index contributed by atoms with van der Waals surface area (Å²) in [6.07, 6.45) is 0.938. The summed E-state index contributed by atoms with van der Waals surface area (Å²) in [6.45, 7) is 2.58. The van der Waals surface area contributed by atoms with Crippen LogP contribution in [0.2, 0.25) is 0 Å². The van der Waals surface area contributed by atoms with E-state index in [1.54, 1.807) is 25.3 Å². The maximum absolute atomic E-state index is 12.3. The SMILES string of the molecule is CCc1ccccc1CNC(=O)c1cc(OC)ccc1N. The van der Waals surface area contributed by atoms with Gasteiger partial charge in [0, 0.05) is 12.2 Å². The van der Waals surface area contributed by atoms with Crippen LogP contribution >= 0.6 is 0 Å². The second-order valence-corrected chi connectivity index (χ2v) is 4.76. The lowest BCUT2D eigenvalue weighted by Crippen LogP contribution is -2.24. The van der Waals surface area contributed by atoms with Gasteiger partial charge in [-0.2, -0.15) is 0 Å². The van der Waals surface area contributed by atoms with Crippen LogP contribution in [0.15, 0.2) is 42.5 Å². The van der Waals surface area contributed by atoms with Gasteiger partial charge in [-0.1, -0.05) is 31.2 Å². The summed E-state index contributed by atoms with van der Waals surface area (Å²) in [6, 6.07) is 13.1. The number of rotatable bonds is 5. The molecule has 0 saturated carbocycles. The molecule has 110 valence electrons. The molecule has 0 aromatic heterocycles. The molecule has 0 heterocycles. The van der Waals surface area contributed by atoms with Crippen LogP contribution in [0, 0.1) is 0 Å². The van der Waals surface area contributed by atoms with Crippen molar-refractivity contribution in [2.45, 2.75) is 19.9 Å². The fourth-order valence-corrected chi connectivity index (χ4v) is 2.20. The van der Waals surface area contributed by atoms with Crippen LogP contribution in [0.3, 0.4) is 0 Å². The van der Waals surface area contributed by atoms with Gasteiger partial charge in [0.15, 0.2) is 0 Å². The molecule has 3 N–H and O–H groups in total. The first-order valence-electron chi connectivity index (χ1n) is 6.94. The van der Waals surface area contributed by atoms with Gasteiger partial charge in [-0.3, -0.25) is 4.79 Å². The van der Waals surface area contributed by atoms with E-state index in [4.69, 9.17) is 10.5 Å². The molecule has 0 saturated heterocycles. The summed E-state index contributed by atoms with van der Waals surface area (Å²) in [5.41, 5.74) is 9.08. The van der Waals surface area contributed by atoms with Crippen LogP contribution in [0.5, 0.6) is 5.75 Å². The fourth-order valence-electron chi connectivity index (χ4n) is 2.20. The summed E-state index contributed by atoms with van der Waals surface area (Å²) in [4.78, 5) is 12.3. The number of ether oxygens (including phenoxy) is 1. The van der Waals surface area contributed by atoms with Gasteiger partial charge >= 0.3 is 0 Å². The second-order valence-electron chi connectivity index (χ2n) is 4.76. The molecule has 4 nitrogen and oxygen atoms in total. The number of nitrogens with one attached hydrogen (secondary N) is 1. The van der Waals surface area contributed by atoms with E-state index in [0.717, 1.165) is 12.0 Å². The molecule has 0 spiro atoms. The van der Waals surface area contributed by atoms with E-state index in [-0.39, 0.29) is 5.91 Å². The molecule has 0 fully saturated rings. The van der Waals surface area contributed by atoms with Crippen LogP contribution in [0.1, 0.15) is 28.4 Å². The van der Waals surface area contributed by atoms with Crippen LogP contribution < -0.4 is 15.8 Å². The van der Waals surface area contributed by atoms with Crippen LogP contribution in [-0.2, 0) is 13.0 Å². The Morgan fingerprint density at radius 1 is 1.19 bits per heavy atom. The minimum absolute atomic E-state index is 0.197. The molecular formula is C17H20N2O2. The number of anilines is 1. The van der Waals surface area contributed by atoms with Crippen molar-refractivity contribution in [1.29, 1.82) is 0 Å². The molecule has 1 amide bonds. The zero-order valence-electron chi connectivity index (χ0n) is 12.3. The van der Waals surface area contributed by atoms with E-state index < -0.39 is 0 Å². The van der Waals surface area contributed by atoms with Crippen LogP contribution in [-0.4, -0.2) is 13.0 Å². The van der Waals surface area contributed by atoms with Gasteiger partial charge in [-0.15, -0.1) is 0 Å². The number of amides is 1. The van der Waals surface area contributed by atoms with E-state index in [0.29, 0.717) is 23.5 Å². The lowest BCUT2D eigenvalue weighted by molar-refractivity contribution is 0.0951. The second kappa shape index (κ2) is 6.79. The number of benzene rings is 2. The maximum Gasteiger partial charge on any atom is 0.253 e. The predicted octanol–water partition coefficient (Wildman–Crippen LogP) is 2.77. The molecular weight excluding hydrogens is 264 g/mol. The highest BCUT2D eigenvalue weighted by Gasteiger charge is 2.11. The Kier molecular flexibility index (Phi) is 4.82. The lowest BCUT2D eigenvalue weighted by atomic mass is 10.1. The van der Waals surface area contributed by atoms with E-state index in [2.05, 4.69) is 18.3 Å². The average molecular weight is 284 g/mol. The third-order valence-electron chi connectivity index (χ3n) is 3.44. The Morgan fingerprint density at radius 2 is 1.90 bits per heavy atom. The van der Waals surface area contributed by atoms with Crippen molar-refractivity contribution >= 4 is 11.6 Å². The minimum atomic E-state index is -0.197. The highest BCUT2D eigenvalue weighted by Crippen LogP contribution is 2.19. The van der Waals surface area contributed by atoms with Gasteiger partial charge in [-0.05, 0) is 35.7 Å². The Hall–Kier alpha value is -2.49. The van der Waals surface area contributed by atoms with E-state index in [1.807, 2.05) is 18.2 Å². The molecule has 0 atom stereocenters. The summed E-state index contributed by atoms with van der Waals surface area (Å²) >= 11 is 0. The molecule has 0 aliphatic rings. The molecule has 4 heteroatoms. The third kappa shape index (κ3) is 3.54. The van der Waals surface area contributed by atoms with Gasteiger partial charge in [0.2, 0.25) is 0 Å². The Balaban J connectivity index is 2.11.